The van der Waals surface area contributed by atoms with Gasteiger partial charge in [0.1, 0.15) is 17.8 Å². The molecule has 0 aliphatic heterocycles. The second-order valence-corrected chi connectivity index (χ2v) is 3.52. The predicted molar refractivity (Wildman–Crippen MR) is 55.4 cm³/mol. The van der Waals surface area contributed by atoms with Gasteiger partial charge in [-0.2, -0.15) is 5.10 Å². The van der Waals surface area contributed by atoms with E-state index >= 15 is 0 Å². The molecule has 0 saturated carbocycles. The third-order valence-electron chi connectivity index (χ3n) is 2.12. The minimum absolute atomic E-state index is 0.142. The Balaban J connectivity index is 2.05. The van der Waals surface area contributed by atoms with Crippen LogP contribution in [0.5, 0.6) is 0 Å². The fourth-order valence-electron chi connectivity index (χ4n) is 1.32. The third-order valence-corrected chi connectivity index (χ3v) is 2.12. The Kier molecular flexibility index (Phi) is 2.67. The molecule has 1 amide bonds. The molecular weight excluding hydrogens is 208 g/mol. The first kappa shape index (κ1) is 10.3. The van der Waals surface area contributed by atoms with Crippen LogP contribution in [0.3, 0.4) is 0 Å². The molecule has 0 bridgehead atoms. The van der Waals surface area contributed by atoms with E-state index in [2.05, 4.69) is 20.2 Å². The summed E-state index contributed by atoms with van der Waals surface area (Å²) in [5.74, 6) is 0.504. The minimum atomic E-state index is -0.142. The van der Waals surface area contributed by atoms with E-state index in [1.54, 1.807) is 24.1 Å². The van der Waals surface area contributed by atoms with Crippen molar-refractivity contribution in [2.45, 2.75) is 6.54 Å². The zero-order valence-electron chi connectivity index (χ0n) is 9.08. The number of H-pyrrole nitrogens is 1. The highest BCUT2D eigenvalue weighted by atomic mass is 16.2. The Bertz CT molecular complexity index is 474. The summed E-state index contributed by atoms with van der Waals surface area (Å²) in [6.07, 6.45) is 4.68. The number of aromatic nitrogens is 5. The SMILES string of the molecule is CN(Cc1ncn[nH]1)C(=O)c1cn(C)cn1. The van der Waals surface area contributed by atoms with Gasteiger partial charge in [-0.1, -0.05) is 0 Å². The van der Waals surface area contributed by atoms with Crippen LogP contribution in [0.15, 0.2) is 18.9 Å². The van der Waals surface area contributed by atoms with Crippen LogP contribution in [0.4, 0.5) is 0 Å². The van der Waals surface area contributed by atoms with Gasteiger partial charge in [0.05, 0.1) is 12.9 Å². The van der Waals surface area contributed by atoms with Gasteiger partial charge in [-0.15, -0.1) is 0 Å². The van der Waals surface area contributed by atoms with Crippen LogP contribution < -0.4 is 0 Å². The number of amides is 1. The van der Waals surface area contributed by atoms with Gasteiger partial charge in [-0.3, -0.25) is 9.89 Å². The molecule has 0 unspecified atom stereocenters. The number of aryl methyl sites for hydroxylation is 1. The summed E-state index contributed by atoms with van der Waals surface area (Å²) in [6.45, 7) is 0.384. The van der Waals surface area contributed by atoms with Crippen molar-refractivity contribution in [2.75, 3.05) is 7.05 Å². The number of rotatable bonds is 3. The summed E-state index contributed by atoms with van der Waals surface area (Å²) >= 11 is 0. The summed E-state index contributed by atoms with van der Waals surface area (Å²) in [6, 6.07) is 0. The molecule has 7 heteroatoms. The van der Waals surface area contributed by atoms with E-state index in [1.165, 1.54) is 11.2 Å². The molecule has 0 fully saturated rings. The standard InChI is InChI=1S/C9H12N6O/c1-14-3-7(11-6-14)9(16)15(2)4-8-10-5-12-13-8/h3,5-6H,4H2,1-2H3,(H,10,12,13). The van der Waals surface area contributed by atoms with E-state index in [1.807, 2.05) is 7.05 Å². The molecule has 2 aromatic heterocycles. The lowest BCUT2D eigenvalue weighted by Crippen LogP contribution is -2.27. The van der Waals surface area contributed by atoms with Crippen LogP contribution in [0.25, 0.3) is 0 Å². The Morgan fingerprint density at radius 3 is 2.94 bits per heavy atom. The van der Waals surface area contributed by atoms with Crippen molar-refractivity contribution in [2.24, 2.45) is 7.05 Å². The smallest absolute Gasteiger partial charge is 0.274 e. The summed E-state index contributed by atoms with van der Waals surface area (Å²) < 4.78 is 1.73. The highest BCUT2D eigenvalue weighted by Gasteiger charge is 2.15. The number of hydrogen-bond donors (Lipinski definition) is 1. The number of imidazole rings is 1. The quantitative estimate of drug-likeness (QED) is 0.777. The van der Waals surface area contributed by atoms with Crippen molar-refractivity contribution >= 4 is 5.91 Å². The lowest BCUT2D eigenvalue weighted by Gasteiger charge is -2.13. The summed E-state index contributed by atoms with van der Waals surface area (Å²) in [7, 11) is 3.51. The van der Waals surface area contributed by atoms with Crippen LogP contribution in [-0.2, 0) is 13.6 Å². The summed E-state index contributed by atoms with van der Waals surface area (Å²) in [4.78, 5) is 21.3. The van der Waals surface area contributed by atoms with Crippen molar-refractivity contribution in [1.82, 2.24) is 29.6 Å². The monoisotopic (exact) mass is 220 g/mol. The molecule has 7 nitrogen and oxygen atoms in total. The summed E-state index contributed by atoms with van der Waals surface area (Å²) in [5.41, 5.74) is 0.421. The highest BCUT2D eigenvalue weighted by Crippen LogP contribution is 2.02. The predicted octanol–water partition coefficient (Wildman–Crippen LogP) is -0.190. The van der Waals surface area contributed by atoms with E-state index in [4.69, 9.17) is 0 Å². The Morgan fingerprint density at radius 1 is 1.56 bits per heavy atom. The number of aromatic amines is 1. The number of nitrogens with one attached hydrogen (secondary N) is 1. The third kappa shape index (κ3) is 2.08. The fraction of sp³-hybridized carbons (Fsp3) is 0.333. The number of hydrogen-bond acceptors (Lipinski definition) is 4. The molecule has 84 valence electrons. The molecule has 2 heterocycles. The van der Waals surface area contributed by atoms with Gasteiger partial charge >= 0.3 is 0 Å². The van der Waals surface area contributed by atoms with E-state index < -0.39 is 0 Å². The van der Waals surface area contributed by atoms with Crippen molar-refractivity contribution in [1.29, 1.82) is 0 Å². The first-order chi connectivity index (χ1) is 7.66. The molecule has 0 radical (unpaired) electrons. The zero-order chi connectivity index (χ0) is 11.5. The molecule has 16 heavy (non-hydrogen) atoms. The maximum absolute atomic E-state index is 11.9. The Labute approximate surface area is 92.1 Å². The average Bonchev–Trinajstić information content (AvgIpc) is 2.88. The molecule has 0 aliphatic carbocycles. The van der Waals surface area contributed by atoms with Gasteiger partial charge in [0.2, 0.25) is 0 Å². The first-order valence-corrected chi connectivity index (χ1v) is 4.74. The largest absolute Gasteiger partial charge is 0.340 e. The lowest BCUT2D eigenvalue weighted by molar-refractivity contribution is 0.0776. The van der Waals surface area contributed by atoms with Crippen molar-refractivity contribution in [3.8, 4) is 0 Å². The fourth-order valence-corrected chi connectivity index (χ4v) is 1.32. The Morgan fingerprint density at radius 2 is 2.38 bits per heavy atom. The molecule has 2 rings (SSSR count). The van der Waals surface area contributed by atoms with Gasteiger partial charge in [-0.05, 0) is 0 Å². The van der Waals surface area contributed by atoms with Gasteiger partial charge in [0.15, 0.2) is 0 Å². The van der Waals surface area contributed by atoms with Crippen LogP contribution in [0.2, 0.25) is 0 Å². The maximum atomic E-state index is 11.9. The van der Waals surface area contributed by atoms with Crippen LogP contribution in [-0.4, -0.2) is 42.6 Å². The zero-order valence-corrected chi connectivity index (χ0v) is 9.08. The van der Waals surface area contributed by atoms with Crippen LogP contribution in [0, 0.1) is 0 Å². The van der Waals surface area contributed by atoms with Gasteiger partial charge in [0.25, 0.3) is 5.91 Å². The van der Waals surface area contributed by atoms with E-state index in [0.29, 0.717) is 18.1 Å². The number of carbonyl (C=O) groups is 1. The second kappa shape index (κ2) is 4.13. The average molecular weight is 220 g/mol. The van der Waals surface area contributed by atoms with Crippen molar-refractivity contribution < 1.29 is 4.79 Å². The Hall–Kier alpha value is -2.18. The molecule has 2 aromatic rings. The van der Waals surface area contributed by atoms with Crippen LogP contribution in [0.1, 0.15) is 16.3 Å². The van der Waals surface area contributed by atoms with E-state index in [0.717, 1.165) is 0 Å². The van der Waals surface area contributed by atoms with Crippen LogP contribution >= 0.6 is 0 Å². The highest BCUT2D eigenvalue weighted by molar-refractivity contribution is 5.91. The minimum Gasteiger partial charge on any atom is -0.340 e. The molecule has 0 atom stereocenters. The van der Waals surface area contributed by atoms with Gasteiger partial charge in [-0.25, -0.2) is 9.97 Å². The molecular formula is C9H12N6O. The number of nitrogens with zero attached hydrogens (tertiary/aromatic N) is 5. The van der Waals surface area contributed by atoms with Gasteiger partial charge < -0.3 is 9.47 Å². The number of carbonyl (C=O) groups excluding carboxylic acids is 1. The molecule has 0 spiro atoms. The molecule has 0 saturated heterocycles. The van der Waals surface area contributed by atoms with Crippen molar-refractivity contribution in [3.63, 3.8) is 0 Å². The molecule has 1 N–H and O–H groups in total. The molecule has 0 aliphatic rings. The van der Waals surface area contributed by atoms with E-state index in [9.17, 15) is 4.79 Å². The normalized spacial score (nSPS) is 10.4. The van der Waals surface area contributed by atoms with E-state index in [-0.39, 0.29) is 5.91 Å². The van der Waals surface area contributed by atoms with Crippen molar-refractivity contribution in [3.05, 3.63) is 30.4 Å². The topological polar surface area (TPSA) is 79.7 Å². The second-order valence-electron chi connectivity index (χ2n) is 3.52. The van der Waals surface area contributed by atoms with Gasteiger partial charge in [0, 0.05) is 20.3 Å². The summed E-state index contributed by atoms with van der Waals surface area (Å²) in [5, 5.41) is 6.42. The molecule has 0 aromatic carbocycles. The lowest BCUT2D eigenvalue weighted by atomic mass is 10.4. The first-order valence-electron chi connectivity index (χ1n) is 4.74. The maximum Gasteiger partial charge on any atom is 0.274 e.